The van der Waals surface area contributed by atoms with Gasteiger partial charge in [-0.2, -0.15) is 0 Å². The molecular formula is C62H56N8O12. The highest BCUT2D eigenvalue weighted by atomic mass is 16.5. The van der Waals surface area contributed by atoms with Crippen LogP contribution in [0.1, 0.15) is 56.1 Å². The third-order valence-corrected chi connectivity index (χ3v) is 15.2. The Morgan fingerprint density at radius 2 is 0.902 bits per heavy atom. The van der Waals surface area contributed by atoms with Crippen LogP contribution >= 0.6 is 0 Å². The van der Waals surface area contributed by atoms with Gasteiger partial charge in [0.15, 0.2) is 0 Å². The monoisotopic (exact) mass is 1100 g/mol. The number of nitrogens with zero attached hydrogens (tertiary/aromatic N) is 6. The van der Waals surface area contributed by atoms with Crippen molar-refractivity contribution in [1.29, 1.82) is 0 Å². The Bertz CT molecular complexity index is 4140. The van der Waals surface area contributed by atoms with Crippen molar-refractivity contribution >= 4 is 56.3 Å². The van der Waals surface area contributed by atoms with Gasteiger partial charge in [0, 0.05) is 73.9 Å². The van der Waals surface area contributed by atoms with E-state index in [-0.39, 0.29) is 44.5 Å². The van der Waals surface area contributed by atoms with Crippen LogP contribution in [0.25, 0.3) is 55.1 Å². The number of aromatic nitrogens is 6. The maximum Gasteiger partial charge on any atom is 0.329 e. The van der Waals surface area contributed by atoms with E-state index >= 15 is 0 Å². The summed E-state index contributed by atoms with van der Waals surface area (Å²) in [6.07, 6.45) is 5.38. The highest BCUT2D eigenvalue weighted by Gasteiger charge is 2.26. The molecule has 20 nitrogen and oxygen atoms in total. The molecule has 1 aliphatic heterocycles. The summed E-state index contributed by atoms with van der Waals surface area (Å²) in [5, 5.41) is 18.5. The maximum absolute atomic E-state index is 14.2. The van der Waals surface area contributed by atoms with Crippen molar-refractivity contribution < 1.29 is 38.9 Å². The summed E-state index contributed by atoms with van der Waals surface area (Å²) in [5.41, 5.74) is 5.11. The lowest BCUT2D eigenvalue weighted by molar-refractivity contribution is -0.138. The van der Waals surface area contributed by atoms with Crippen molar-refractivity contribution in [2.24, 2.45) is 0 Å². The smallest absolute Gasteiger partial charge is 0.329 e. The number of piperazine rings is 1. The largest absolute Gasteiger partial charge is 0.494 e. The number of rotatable bonds is 20. The molecule has 4 aromatic carbocycles. The number of ether oxygens (including phenoxy) is 2. The van der Waals surface area contributed by atoms with Crippen LogP contribution in [0.5, 0.6) is 11.5 Å². The van der Waals surface area contributed by atoms with Crippen molar-refractivity contribution in [1.82, 2.24) is 37.7 Å². The minimum atomic E-state index is -1.33. The first-order valence-electron chi connectivity index (χ1n) is 26.8. The van der Waals surface area contributed by atoms with Crippen LogP contribution < -0.4 is 32.0 Å². The van der Waals surface area contributed by atoms with Gasteiger partial charge in [0.2, 0.25) is 11.6 Å². The molecule has 0 saturated carbocycles. The van der Waals surface area contributed by atoms with E-state index in [9.17, 15) is 38.4 Å². The van der Waals surface area contributed by atoms with Gasteiger partial charge in [0.05, 0.1) is 57.4 Å². The van der Waals surface area contributed by atoms with Crippen molar-refractivity contribution in [2.45, 2.75) is 39.8 Å². The average molecular weight is 1110 g/mol. The first kappa shape index (κ1) is 54.1. The first-order valence-corrected chi connectivity index (χ1v) is 26.8. The molecule has 0 amide bonds. The maximum atomic E-state index is 14.2. The van der Waals surface area contributed by atoms with E-state index in [1.807, 2.05) is 120 Å². The second-order valence-electron chi connectivity index (χ2n) is 20.4. The number of nitrogens with one attached hydrogen (secondary N) is 2. The van der Waals surface area contributed by atoms with Crippen molar-refractivity contribution in [3.05, 3.63) is 209 Å². The predicted octanol–water partition coefficient (Wildman–Crippen LogP) is 6.64. The number of hydrogen-bond donors (Lipinski definition) is 4. The summed E-state index contributed by atoms with van der Waals surface area (Å²) in [5.74, 6) is -1.80. The molecule has 82 heavy (non-hydrogen) atoms. The number of pyridine rings is 2. The number of aliphatic carboxylic acids is 2. The van der Waals surface area contributed by atoms with Crippen LogP contribution in [0, 0.1) is 13.8 Å². The van der Waals surface area contributed by atoms with E-state index < -0.39 is 47.5 Å². The van der Waals surface area contributed by atoms with Crippen LogP contribution in [0.15, 0.2) is 153 Å². The molecule has 0 atom stereocenters. The van der Waals surface area contributed by atoms with Gasteiger partial charge in [-0.1, -0.05) is 48.5 Å². The summed E-state index contributed by atoms with van der Waals surface area (Å²) in [6.45, 7) is 9.02. The number of benzene rings is 4. The van der Waals surface area contributed by atoms with Gasteiger partial charge in [-0.25, -0.2) is 18.7 Å². The van der Waals surface area contributed by atoms with E-state index in [1.165, 1.54) is 36.4 Å². The van der Waals surface area contributed by atoms with E-state index in [2.05, 4.69) is 19.8 Å². The van der Waals surface area contributed by atoms with Gasteiger partial charge in [-0.05, 0) is 122 Å². The quantitative estimate of drug-likeness (QED) is 0.0462. The van der Waals surface area contributed by atoms with Crippen molar-refractivity contribution in [3.8, 4) is 33.8 Å². The molecular weight excluding hydrogens is 1050 g/mol. The second kappa shape index (κ2) is 22.7. The summed E-state index contributed by atoms with van der Waals surface area (Å²) in [7, 11) is 0. The third-order valence-electron chi connectivity index (χ3n) is 15.2. The summed E-state index contributed by atoms with van der Waals surface area (Å²) in [6, 6.07) is 35.8. The number of carbonyl (C=O) groups is 4. The Labute approximate surface area is 466 Å². The van der Waals surface area contributed by atoms with Crippen molar-refractivity contribution in [2.75, 3.05) is 52.5 Å². The molecule has 7 heterocycles. The van der Waals surface area contributed by atoms with Crippen LogP contribution in [-0.4, -0.2) is 124 Å². The lowest BCUT2D eigenvalue weighted by Gasteiger charge is -2.34. The molecule has 11 rings (SSSR count). The molecule has 1 fully saturated rings. The first-order chi connectivity index (χ1) is 39.6. The van der Waals surface area contributed by atoms with Gasteiger partial charge in [0.25, 0.3) is 11.1 Å². The van der Waals surface area contributed by atoms with E-state index in [0.29, 0.717) is 33.7 Å². The zero-order valence-corrected chi connectivity index (χ0v) is 44.8. The van der Waals surface area contributed by atoms with Crippen molar-refractivity contribution in [3.63, 3.8) is 0 Å². The normalized spacial score (nSPS) is 13.1. The number of fused-ring (bicyclic) bond motifs is 4. The zero-order valence-electron chi connectivity index (χ0n) is 44.8. The lowest BCUT2D eigenvalue weighted by Crippen LogP contribution is -2.47. The predicted molar refractivity (Wildman–Crippen MR) is 308 cm³/mol. The highest BCUT2D eigenvalue weighted by Crippen LogP contribution is 2.37. The molecule has 1 saturated heterocycles. The molecule has 0 bridgehead atoms. The van der Waals surface area contributed by atoms with Crippen LogP contribution in [0.2, 0.25) is 0 Å². The van der Waals surface area contributed by atoms with Crippen LogP contribution in [0.3, 0.4) is 0 Å². The molecule has 0 spiro atoms. The fraction of sp³-hybridized carbons (Fsp3) is 0.226. The molecule has 0 radical (unpaired) electrons. The Morgan fingerprint density at radius 3 is 1.28 bits per heavy atom. The molecule has 6 aromatic heterocycles. The van der Waals surface area contributed by atoms with E-state index in [0.717, 1.165) is 108 Å². The number of aromatic amines is 2. The van der Waals surface area contributed by atoms with Gasteiger partial charge in [0.1, 0.15) is 24.6 Å². The minimum Gasteiger partial charge on any atom is -0.494 e. The number of carbonyl (C=O) groups excluding carboxylic acids is 2. The Morgan fingerprint density at radius 1 is 0.512 bits per heavy atom. The van der Waals surface area contributed by atoms with E-state index in [1.54, 1.807) is 0 Å². The summed E-state index contributed by atoms with van der Waals surface area (Å²) >= 11 is 0. The molecule has 416 valence electrons. The van der Waals surface area contributed by atoms with E-state index in [4.69, 9.17) is 19.7 Å². The van der Waals surface area contributed by atoms with Gasteiger partial charge < -0.3 is 48.3 Å². The molecule has 0 unspecified atom stereocenters. The molecule has 20 heteroatoms. The number of carboxylic acids is 2. The fourth-order valence-corrected chi connectivity index (χ4v) is 11.2. The lowest BCUT2D eigenvalue weighted by atomic mass is 9.98. The number of hydrogen-bond acceptors (Lipinski definition) is 12. The Hall–Kier alpha value is -9.92. The van der Waals surface area contributed by atoms with Gasteiger partial charge in [-0.3, -0.25) is 28.8 Å². The zero-order chi connectivity index (χ0) is 57.3. The summed E-state index contributed by atoms with van der Waals surface area (Å²) in [4.78, 5) is 112. The third kappa shape index (κ3) is 10.5. The molecule has 10 aromatic rings. The highest BCUT2D eigenvalue weighted by molar-refractivity contribution is 6.14. The fourth-order valence-electron chi connectivity index (χ4n) is 11.2. The van der Waals surface area contributed by atoms with Gasteiger partial charge in [-0.15, -0.1) is 0 Å². The SMILES string of the molecule is Cc1c(-c2ccc(OCCCN3CCN(CCCOc4ccc(-c5c(C)c(C(=O)c6ccc7c(=O)n(CC(=O)O)c(=O)[nH]c7c6)n6ccccc56)cc4)CC3)cc2)c2ccccn2c1C(=O)c1ccc2c(=O)n(CC(=O)O)c(=O)[nH]c2c1. The number of carboxylic acid groups (broad SMARTS) is 2. The standard InChI is InChI=1S/C62H56N8O12/c1-37-53(49-9-3-5-25-67(49)55(37)57(75)41-15-21-45-47(33-41)63-61(79)69(59(45)77)35-51(71)72)39-11-17-43(18-12-39)81-31-7-23-65-27-29-66(30-28-65)24-8-32-82-44-19-13-40(14-20-44)54-38(2)56(68-26-6-4-10-50(54)68)58(76)42-16-22-46-48(34-42)64-62(80)70(60(46)78)36-52(73)74/h3-6,9-22,25-26,33-34H,7-8,23-24,27-32,35-36H2,1-2H3,(H,63,79)(H,64,80)(H,71,72)(H,73,74). The average Bonchev–Trinajstić information content (AvgIpc) is 3.94. The Kier molecular flexibility index (Phi) is 14.9. The van der Waals surface area contributed by atoms with Crippen LogP contribution in [-0.2, 0) is 22.7 Å². The topological polar surface area (TPSA) is 252 Å². The number of H-pyrrole nitrogens is 2. The minimum absolute atomic E-state index is 0.0922. The van der Waals surface area contributed by atoms with Gasteiger partial charge >= 0.3 is 23.3 Å². The number of ketones is 2. The molecule has 1 aliphatic rings. The Balaban J connectivity index is 0.642. The second-order valence-corrected chi connectivity index (χ2v) is 20.4. The van der Waals surface area contributed by atoms with Crippen LogP contribution in [0.4, 0.5) is 0 Å². The molecule has 4 N–H and O–H groups in total. The molecule has 0 aliphatic carbocycles. The summed E-state index contributed by atoms with van der Waals surface area (Å²) < 4.78 is 17.3.